The maximum Gasteiger partial charge on any atom is 0.271 e. The number of nitrogens with one attached hydrogen (secondary N) is 1. The van der Waals surface area contributed by atoms with Gasteiger partial charge >= 0.3 is 0 Å². The molecule has 0 aromatic carbocycles. The monoisotopic (exact) mass is 344 g/mol. The van der Waals surface area contributed by atoms with E-state index in [1.54, 1.807) is 6.20 Å². The van der Waals surface area contributed by atoms with Crippen molar-refractivity contribution in [2.24, 2.45) is 11.3 Å². The van der Waals surface area contributed by atoms with Gasteiger partial charge in [-0.05, 0) is 38.0 Å². The van der Waals surface area contributed by atoms with E-state index in [9.17, 15) is 9.59 Å². The van der Waals surface area contributed by atoms with Gasteiger partial charge in [-0.1, -0.05) is 19.3 Å². The molecule has 3 aliphatic rings. The van der Waals surface area contributed by atoms with Gasteiger partial charge in [0.25, 0.3) is 5.91 Å². The van der Waals surface area contributed by atoms with E-state index < -0.39 is 0 Å². The molecule has 1 saturated carbocycles. The molecule has 3 heterocycles. The van der Waals surface area contributed by atoms with E-state index in [1.807, 2.05) is 4.90 Å². The van der Waals surface area contributed by atoms with Crippen molar-refractivity contribution >= 4 is 11.8 Å². The number of carbonyl (C=O) groups is 2. The molecule has 3 fully saturated rings. The average molecular weight is 344 g/mol. The third-order valence-corrected chi connectivity index (χ3v) is 6.40. The van der Waals surface area contributed by atoms with Gasteiger partial charge in [-0.25, -0.2) is 4.98 Å². The van der Waals surface area contributed by atoms with Gasteiger partial charge in [-0.15, -0.1) is 0 Å². The van der Waals surface area contributed by atoms with Crippen LogP contribution in [-0.4, -0.2) is 57.8 Å². The number of piperidine rings is 1. The molecule has 6 nitrogen and oxygen atoms in total. The fourth-order valence-corrected chi connectivity index (χ4v) is 4.98. The van der Waals surface area contributed by atoms with E-state index in [0.29, 0.717) is 30.6 Å². The van der Waals surface area contributed by atoms with Crippen molar-refractivity contribution in [2.75, 3.05) is 26.2 Å². The number of nitrogens with zero attached hydrogens (tertiary/aromatic N) is 3. The normalized spacial score (nSPS) is 28.1. The second-order valence-electron chi connectivity index (χ2n) is 8.08. The molecule has 6 heteroatoms. The zero-order valence-corrected chi connectivity index (χ0v) is 14.9. The Kier molecular flexibility index (Phi) is 4.52. The topological polar surface area (TPSA) is 69.3 Å². The van der Waals surface area contributed by atoms with E-state index >= 15 is 0 Å². The molecule has 0 radical (unpaired) electrons. The lowest BCUT2D eigenvalue weighted by Gasteiger charge is -2.41. The molecule has 2 amide bonds. The van der Waals surface area contributed by atoms with Crippen LogP contribution in [0.25, 0.3) is 0 Å². The Labute approximate surface area is 149 Å². The summed E-state index contributed by atoms with van der Waals surface area (Å²) in [4.78, 5) is 36.6. The van der Waals surface area contributed by atoms with Gasteiger partial charge in [0.15, 0.2) is 0 Å². The molecule has 1 aromatic rings. The number of imidazole rings is 1. The van der Waals surface area contributed by atoms with Crippen molar-refractivity contribution in [3.05, 3.63) is 18.2 Å². The highest BCUT2D eigenvalue weighted by atomic mass is 16.2. The van der Waals surface area contributed by atoms with Crippen LogP contribution in [0.3, 0.4) is 0 Å². The summed E-state index contributed by atoms with van der Waals surface area (Å²) in [6.45, 7) is 3.05. The molecular weight excluding hydrogens is 316 g/mol. The summed E-state index contributed by atoms with van der Waals surface area (Å²) >= 11 is 0. The fourth-order valence-electron chi connectivity index (χ4n) is 4.98. The highest BCUT2D eigenvalue weighted by Gasteiger charge is 2.49. The van der Waals surface area contributed by atoms with Crippen molar-refractivity contribution < 1.29 is 9.59 Å². The second-order valence-corrected chi connectivity index (χ2v) is 8.08. The lowest BCUT2D eigenvalue weighted by Crippen LogP contribution is -2.51. The van der Waals surface area contributed by atoms with Crippen molar-refractivity contribution in [3.63, 3.8) is 0 Å². The van der Waals surface area contributed by atoms with E-state index in [2.05, 4.69) is 14.9 Å². The zero-order valence-electron chi connectivity index (χ0n) is 14.9. The standard InChI is InChI=1S/C19H28N4O2/c24-17(16-11-20-14-21-16)23-10-8-19(13-23)7-4-9-22(18(19)25)12-15-5-2-1-3-6-15/h11,14-15H,1-10,12-13H2,(H,20,21). The van der Waals surface area contributed by atoms with Crippen molar-refractivity contribution in [1.82, 2.24) is 19.8 Å². The molecule has 1 aromatic heterocycles. The number of amides is 2. The van der Waals surface area contributed by atoms with Gasteiger partial charge in [0.1, 0.15) is 5.69 Å². The van der Waals surface area contributed by atoms with Crippen molar-refractivity contribution in [3.8, 4) is 0 Å². The molecule has 1 atom stereocenters. The van der Waals surface area contributed by atoms with Gasteiger partial charge in [0.05, 0.1) is 17.9 Å². The maximum absolute atomic E-state index is 13.2. The molecule has 4 rings (SSSR count). The molecular formula is C19H28N4O2. The van der Waals surface area contributed by atoms with Gasteiger partial charge in [-0.3, -0.25) is 9.59 Å². The summed E-state index contributed by atoms with van der Waals surface area (Å²) in [5, 5.41) is 0. The van der Waals surface area contributed by atoms with Gasteiger partial charge in [0.2, 0.25) is 5.91 Å². The number of rotatable bonds is 3. The lowest BCUT2D eigenvalue weighted by molar-refractivity contribution is -0.146. The fraction of sp³-hybridized carbons (Fsp3) is 0.737. The molecule has 1 spiro atoms. The number of carbonyl (C=O) groups excluding carboxylic acids is 2. The van der Waals surface area contributed by atoms with Crippen LogP contribution >= 0.6 is 0 Å². The highest BCUT2D eigenvalue weighted by Crippen LogP contribution is 2.41. The molecule has 0 bridgehead atoms. The largest absolute Gasteiger partial charge is 0.342 e. The SMILES string of the molecule is O=C(c1cnc[nH]1)N1CCC2(CCCN(CC3CCCCC3)C2=O)C1. The van der Waals surface area contributed by atoms with E-state index in [4.69, 9.17) is 0 Å². The van der Waals surface area contributed by atoms with Crippen molar-refractivity contribution in [1.29, 1.82) is 0 Å². The quantitative estimate of drug-likeness (QED) is 0.916. The van der Waals surface area contributed by atoms with Crippen LogP contribution < -0.4 is 0 Å². The van der Waals surface area contributed by atoms with Crippen LogP contribution in [0.15, 0.2) is 12.5 Å². The molecule has 2 saturated heterocycles. The Balaban J connectivity index is 1.42. The van der Waals surface area contributed by atoms with Crippen molar-refractivity contribution in [2.45, 2.75) is 51.4 Å². The number of hydrogen-bond acceptors (Lipinski definition) is 3. The molecule has 2 aliphatic heterocycles. The summed E-state index contributed by atoms with van der Waals surface area (Å²) in [5.74, 6) is 0.938. The molecule has 1 aliphatic carbocycles. The number of H-pyrrole nitrogens is 1. The Morgan fingerprint density at radius 2 is 2.04 bits per heavy atom. The van der Waals surface area contributed by atoms with Crippen LogP contribution in [0.5, 0.6) is 0 Å². The zero-order chi connectivity index (χ0) is 17.3. The lowest BCUT2D eigenvalue weighted by atomic mass is 9.77. The summed E-state index contributed by atoms with van der Waals surface area (Å²) in [7, 11) is 0. The third-order valence-electron chi connectivity index (χ3n) is 6.40. The van der Waals surface area contributed by atoms with E-state index in [1.165, 1.54) is 38.4 Å². The van der Waals surface area contributed by atoms with Gasteiger partial charge in [0, 0.05) is 26.2 Å². The van der Waals surface area contributed by atoms with E-state index in [-0.39, 0.29) is 11.3 Å². The number of aromatic nitrogens is 2. The summed E-state index contributed by atoms with van der Waals surface area (Å²) in [5.41, 5.74) is 0.169. The number of hydrogen-bond donors (Lipinski definition) is 1. The average Bonchev–Trinajstić information content (AvgIpc) is 3.31. The molecule has 1 N–H and O–H groups in total. The minimum absolute atomic E-state index is 0.0356. The van der Waals surface area contributed by atoms with Gasteiger partial charge < -0.3 is 14.8 Å². The third kappa shape index (κ3) is 3.18. The Hall–Kier alpha value is -1.85. The summed E-state index contributed by atoms with van der Waals surface area (Å²) in [6.07, 6.45) is 12.4. The summed E-state index contributed by atoms with van der Waals surface area (Å²) < 4.78 is 0. The first-order valence-corrected chi connectivity index (χ1v) is 9.75. The second kappa shape index (κ2) is 6.81. The predicted molar refractivity (Wildman–Crippen MR) is 93.9 cm³/mol. The van der Waals surface area contributed by atoms with Crippen LogP contribution in [0.1, 0.15) is 61.9 Å². The maximum atomic E-state index is 13.2. The Bertz CT molecular complexity index is 623. The minimum Gasteiger partial charge on any atom is -0.342 e. The molecule has 25 heavy (non-hydrogen) atoms. The van der Waals surface area contributed by atoms with Crippen LogP contribution in [-0.2, 0) is 4.79 Å². The molecule has 1 unspecified atom stereocenters. The van der Waals surface area contributed by atoms with Gasteiger partial charge in [-0.2, -0.15) is 0 Å². The Morgan fingerprint density at radius 1 is 1.20 bits per heavy atom. The minimum atomic E-state index is -0.345. The first-order chi connectivity index (χ1) is 12.2. The van der Waals surface area contributed by atoms with Crippen LogP contribution in [0, 0.1) is 11.3 Å². The number of likely N-dealkylation sites (tertiary alicyclic amines) is 2. The highest BCUT2D eigenvalue weighted by molar-refractivity contribution is 5.93. The molecule has 136 valence electrons. The summed E-state index contributed by atoms with van der Waals surface area (Å²) in [6, 6.07) is 0. The van der Waals surface area contributed by atoms with E-state index in [0.717, 1.165) is 32.4 Å². The van der Waals surface area contributed by atoms with Crippen LogP contribution in [0.2, 0.25) is 0 Å². The number of aromatic amines is 1. The first-order valence-electron chi connectivity index (χ1n) is 9.75. The smallest absolute Gasteiger partial charge is 0.271 e. The Morgan fingerprint density at radius 3 is 2.80 bits per heavy atom. The predicted octanol–water partition coefficient (Wildman–Crippen LogP) is 2.44. The van der Waals surface area contributed by atoms with Crippen LogP contribution in [0.4, 0.5) is 0 Å². The first kappa shape index (κ1) is 16.6.